The fourth-order valence-electron chi connectivity index (χ4n) is 4.57. The van der Waals surface area contributed by atoms with E-state index in [1.807, 2.05) is 87.1 Å². The molecule has 0 amide bonds. The molecule has 0 spiro atoms. The Kier molecular flexibility index (Phi) is 7.25. The molecule has 0 aliphatic rings. The van der Waals surface area contributed by atoms with Crippen molar-refractivity contribution in [1.29, 1.82) is 0 Å². The van der Waals surface area contributed by atoms with Crippen molar-refractivity contribution in [3.05, 3.63) is 83.0 Å². The second kappa shape index (κ2) is 10.2. The topological polar surface area (TPSA) is 85.2 Å². The molecule has 0 bridgehead atoms. The molecule has 35 heavy (non-hydrogen) atoms. The summed E-state index contributed by atoms with van der Waals surface area (Å²) in [6.07, 6.45) is 1.83. The molecule has 184 valence electrons. The maximum absolute atomic E-state index is 13.1. The van der Waals surface area contributed by atoms with Crippen LogP contribution >= 0.6 is 0 Å². The fourth-order valence-corrected chi connectivity index (χ4v) is 6.27. The van der Waals surface area contributed by atoms with E-state index in [1.165, 1.54) is 0 Å². The second-order valence-corrected chi connectivity index (χ2v) is 10.7. The van der Waals surface area contributed by atoms with Crippen LogP contribution in [0.3, 0.4) is 0 Å². The molecule has 0 saturated heterocycles. The molecule has 0 fully saturated rings. The minimum atomic E-state index is -3.64. The highest BCUT2D eigenvalue weighted by atomic mass is 32.2. The number of methoxy groups -OCH3 is 1. The molecule has 4 rings (SSSR count). The maximum Gasteiger partial charge on any atom is 0.241 e. The van der Waals surface area contributed by atoms with Gasteiger partial charge in [-0.1, -0.05) is 35.9 Å². The summed E-state index contributed by atoms with van der Waals surface area (Å²) in [7, 11) is -1.96. The lowest BCUT2D eigenvalue weighted by atomic mass is 10.1. The van der Waals surface area contributed by atoms with E-state index in [0.717, 1.165) is 44.5 Å². The van der Waals surface area contributed by atoms with Crippen molar-refractivity contribution in [2.75, 3.05) is 19.0 Å². The summed E-state index contributed by atoms with van der Waals surface area (Å²) < 4.78 is 36.2. The molecule has 1 aromatic heterocycles. The zero-order chi connectivity index (χ0) is 25.2. The summed E-state index contributed by atoms with van der Waals surface area (Å²) in [5, 5.41) is 8.96. The smallest absolute Gasteiger partial charge is 0.241 e. The summed E-state index contributed by atoms with van der Waals surface area (Å²) in [4.78, 5) is 0.356. The highest BCUT2D eigenvalue weighted by molar-refractivity contribution is 7.89. The number of benzene rings is 3. The lowest BCUT2D eigenvalue weighted by Gasteiger charge is -2.18. The third-order valence-electron chi connectivity index (χ3n) is 5.91. The third-order valence-corrected chi connectivity index (χ3v) is 7.80. The average Bonchev–Trinajstić information content (AvgIpc) is 3.21. The molecule has 0 radical (unpaired) electrons. The van der Waals surface area contributed by atoms with Crippen LogP contribution in [0.2, 0.25) is 0 Å². The van der Waals surface area contributed by atoms with Gasteiger partial charge in [-0.15, -0.1) is 0 Å². The van der Waals surface area contributed by atoms with Crippen LogP contribution in [-0.2, 0) is 21.4 Å². The van der Waals surface area contributed by atoms with Crippen LogP contribution < -0.4 is 10.0 Å². The number of hydrogen-bond acceptors (Lipinski definition) is 5. The summed E-state index contributed by atoms with van der Waals surface area (Å²) in [6.45, 7) is 8.46. The van der Waals surface area contributed by atoms with Crippen molar-refractivity contribution >= 4 is 26.6 Å². The first-order valence-corrected chi connectivity index (χ1v) is 13.1. The van der Waals surface area contributed by atoms with E-state index in [9.17, 15) is 8.42 Å². The summed E-state index contributed by atoms with van der Waals surface area (Å²) in [5.41, 5.74) is 6.44. The van der Waals surface area contributed by atoms with Gasteiger partial charge in [0.2, 0.25) is 10.0 Å². The number of nitrogens with one attached hydrogen (secondary N) is 2. The van der Waals surface area contributed by atoms with Crippen LogP contribution in [0.25, 0.3) is 16.6 Å². The molecule has 8 heteroatoms. The lowest BCUT2D eigenvalue weighted by Crippen LogP contribution is -2.38. The van der Waals surface area contributed by atoms with E-state index >= 15 is 0 Å². The zero-order valence-corrected chi connectivity index (χ0v) is 21.6. The van der Waals surface area contributed by atoms with Crippen molar-refractivity contribution in [3.63, 3.8) is 0 Å². The van der Waals surface area contributed by atoms with Gasteiger partial charge in [-0.05, 0) is 68.7 Å². The molecular formula is C27H32N4O3S. The molecule has 1 heterocycles. The van der Waals surface area contributed by atoms with Gasteiger partial charge in [0.25, 0.3) is 0 Å². The Morgan fingerprint density at radius 1 is 1.03 bits per heavy atom. The molecular weight excluding hydrogens is 460 g/mol. The summed E-state index contributed by atoms with van der Waals surface area (Å²) in [6, 6.07) is 17.5. The second-order valence-electron chi connectivity index (χ2n) is 9.03. The van der Waals surface area contributed by atoms with Gasteiger partial charge < -0.3 is 10.1 Å². The summed E-state index contributed by atoms with van der Waals surface area (Å²) >= 11 is 0. The molecule has 0 unspecified atom stereocenters. The predicted octanol–water partition coefficient (Wildman–Crippen LogP) is 4.88. The first-order valence-electron chi connectivity index (χ1n) is 11.6. The highest BCUT2D eigenvalue weighted by Gasteiger charge is 2.22. The number of sulfonamides is 1. The van der Waals surface area contributed by atoms with E-state index in [4.69, 9.17) is 4.74 Å². The van der Waals surface area contributed by atoms with Crippen molar-refractivity contribution in [2.24, 2.45) is 0 Å². The van der Waals surface area contributed by atoms with E-state index in [2.05, 4.69) is 21.2 Å². The lowest BCUT2D eigenvalue weighted by molar-refractivity contribution is 0.185. The van der Waals surface area contributed by atoms with Gasteiger partial charge in [0, 0.05) is 30.8 Å². The first-order chi connectivity index (χ1) is 16.7. The van der Waals surface area contributed by atoms with Gasteiger partial charge in [0.1, 0.15) is 0 Å². The number of fused-ring (bicyclic) bond motifs is 1. The monoisotopic (exact) mass is 492 g/mol. The highest BCUT2D eigenvalue weighted by Crippen LogP contribution is 2.26. The Balaban J connectivity index is 1.52. The Bertz CT molecular complexity index is 1440. The number of ether oxygens (including phenoxy) is 1. The Morgan fingerprint density at radius 2 is 1.74 bits per heavy atom. The maximum atomic E-state index is 13.1. The molecule has 0 aliphatic carbocycles. The van der Waals surface area contributed by atoms with Crippen LogP contribution in [0.1, 0.15) is 29.2 Å². The van der Waals surface area contributed by atoms with Crippen LogP contribution in [0.4, 0.5) is 5.69 Å². The van der Waals surface area contributed by atoms with Crippen molar-refractivity contribution < 1.29 is 13.2 Å². The van der Waals surface area contributed by atoms with Crippen LogP contribution in [0.15, 0.2) is 65.7 Å². The van der Waals surface area contributed by atoms with Crippen LogP contribution in [-0.4, -0.2) is 37.9 Å². The molecule has 3 aromatic carbocycles. The SMILES string of the molecule is COCc1cccc(-n2ncc3c(NC[C@H](C)NS(=O)(=O)c4c(C)cc(C)cc4C)cccc32)c1. The van der Waals surface area contributed by atoms with Crippen molar-refractivity contribution in [3.8, 4) is 5.69 Å². The van der Waals surface area contributed by atoms with Gasteiger partial charge in [-0.3, -0.25) is 0 Å². The summed E-state index contributed by atoms with van der Waals surface area (Å²) in [5.74, 6) is 0. The van der Waals surface area contributed by atoms with Gasteiger partial charge in [0.15, 0.2) is 0 Å². The fraction of sp³-hybridized carbons (Fsp3) is 0.296. The molecule has 7 nitrogen and oxygen atoms in total. The first kappa shape index (κ1) is 24.9. The molecule has 0 aliphatic heterocycles. The van der Waals surface area contributed by atoms with Gasteiger partial charge >= 0.3 is 0 Å². The minimum Gasteiger partial charge on any atom is -0.383 e. The van der Waals surface area contributed by atoms with Crippen molar-refractivity contribution in [1.82, 2.24) is 14.5 Å². The minimum absolute atomic E-state index is 0.323. The van der Waals surface area contributed by atoms with E-state index < -0.39 is 10.0 Å². The molecule has 0 saturated carbocycles. The number of aromatic nitrogens is 2. The number of nitrogens with zero attached hydrogens (tertiary/aromatic N) is 2. The van der Waals surface area contributed by atoms with E-state index in [0.29, 0.717) is 18.0 Å². The largest absolute Gasteiger partial charge is 0.383 e. The van der Waals surface area contributed by atoms with Gasteiger partial charge in [0.05, 0.1) is 28.9 Å². The van der Waals surface area contributed by atoms with Crippen molar-refractivity contribution in [2.45, 2.75) is 45.2 Å². The van der Waals surface area contributed by atoms with Gasteiger partial charge in [-0.2, -0.15) is 5.10 Å². The number of hydrogen-bond donors (Lipinski definition) is 2. The standard InChI is InChI=1S/C27H32N4O3S/c1-18-12-19(2)27(20(3)13-18)35(32,33)30-21(4)15-28-25-10-7-11-26-24(25)16-29-31(26)23-9-6-8-22(14-23)17-34-5/h6-14,16,21,28,30H,15,17H2,1-5H3/t21-/m0/s1. The number of rotatable bonds is 9. The zero-order valence-electron chi connectivity index (χ0n) is 20.8. The number of aryl methyl sites for hydroxylation is 3. The molecule has 4 aromatic rings. The Labute approximate surface area is 207 Å². The average molecular weight is 493 g/mol. The van der Waals surface area contributed by atoms with Crippen LogP contribution in [0, 0.1) is 20.8 Å². The Hall–Kier alpha value is -3.20. The predicted molar refractivity (Wildman–Crippen MR) is 141 cm³/mol. The molecule has 2 N–H and O–H groups in total. The number of anilines is 1. The third kappa shape index (κ3) is 5.40. The quantitative estimate of drug-likeness (QED) is 0.348. The van der Waals surface area contributed by atoms with Crippen LogP contribution in [0.5, 0.6) is 0 Å². The van der Waals surface area contributed by atoms with E-state index in [-0.39, 0.29) is 6.04 Å². The Morgan fingerprint density at radius 3 is 2.46 bits per heavy atom. The van der Waals surface area contributed by atoms with E-state index in [1.54, 1.807) is 7.11 Å². The van der Waals surface area contributed by atoms with Gasteiger partial charge in [-0.25, -0.2) is 17.8 Å². The normalized spacial score (nSPS) is 12.7. The molecule has 1 atom stereocenters.